The van der Waals surface area contributed by atoms with Gasteiger partial charge in [0.05, 0.1) is 46.0 Å². The first-order chi connectivity index (χ1) is 15.3. The summed E-state index contributed by atoms with van der Waals surface area (Å²) in [7, 11) is -2.85. The summed E-state index contributed by atoms with van der Waals surface area (Å²) in [6.07, 6.45) is 4.21. The van der Waals surface area contributed by atoms with Crippen LogP contribution in [-0.4, -0.2) is 35.7 Å². The summed E-state index contributed by atoms with van der Waals surface area (Å²) in [4.78, 5) is 7.62. The molecule has 0 aliphatic rings. The molecule has 0 atom stereocenters. The van der Waals surface area contributed by atoms with Crippen LogP contribution in [-0.2, 0) is 10.0 Å². The average Bonchev–Trinajstić information content (AvgIpc) is 3.26. The minimum atomic E-state index is -4.13. The first kappa shape index (κ1) is 21.4. The van der Waals surface area contributed by atoms with Gasteiger partial charge in [0.25, 0.3) is 10.0 Å². The van der Waals surface area contributed by atoms with Gasteiger partial charge in [0, 0.05) is 12.4 Å². The normalized spacial score (nSPS) is 11.1. The number of rotatable bonds is 4. The smallest absolute Gasteiger partial charge is 0.267 e. The third kappa shape index (κ3) is 4.14. The number of aromatic amines is 1. The molecule has 0 aliphatic heterocycles. The Hall–Kier alpha value is -3.88. The Kier molecular flexibility index (Phi) is 5.56. The lowest BCUT2D eigenvalue weighted by Gasteiger charge is -2.11. The molecule has 0 fully saturated rings. The second kappa shape index (κ2) is 8.33. The number of fused-ring (bicyclic) bond motifs is 1. The fourth-order valence-corrected chi connectivity index (χ4v) is 4.25. The van der Waals surface area contributed by atoms with E-state index in [-0.39, 0.29) is 32.9 Å². The minimum Gasteiger partial charge on any atom is -0.480 e. The summed E-state index contributed by atoms with van der Waals surface area (Å²) in [5, 5.41) is 7.38. The van der Waals surface area contributed by atoms with Crippen LogP contribution in [0.15, 0.2) is 47.8 Å². The summed E-state index contributed by atoms with van der Waals surface area (Å²) in [6, 6.07) is 4.83. The summed E-state index contributed by atoms with van der Waals surface area (Å²) in [5.41, 5.74) is 6.85. The third-order valence-corrected chi connectivity index (χ3v) is 5.92. The van der Waals surface area contributed by atoms with E-state index in [0.29, 0.717) is 16.5 Å². The molecule has 0 aliphatic carbocycles. The zero-order chi connectivity index (χ0) is 22.9. The largest absolute Gasteiger partial charge is 0.480 e. The third-order valence-electron chi connectivity index (χ3n) is 4.34. The first-order valence-corrected chi connectivity index (χ1v) is 10.8. The number of nitrogen functional groups attached to an aromatic ring is 1. The van der Waals surface area contributed by atoms with Crippen molar-refractivity contribution in [2.75, 3.05) is 17.6 Å². The van der Waals surface area contributed by atoms with Gasteiger partial charge in [-0.05, 0) is 24.3 Å². The number of halogens is 2. The zero-order valence-electron chi connectivity index (χ0n) is 16.3. The number of H-pyrrole nitrogens is 1. The quantitative estimate of drug-likeness (QED) is 0.388. The number of benzene rings is 1. The van der Waals surface area contributed by atoms with Crippen molar-refractivity contribution < 1.29 is 17.5 Å². The number of pyridine rings is 2. The average molecular weight is 473 g/mol. The highest BCUT2D eigenvalue weighted by molar-refractivity contribution is 7.92. The molecule has 3 aromatic heterocycles. The second-order valence-corrected chi connectivity index (χ2v) is 8.51. The Bertz CT molecular complexity index is 1510. The number of methoxy groups -OCH3 is 1. The Labute approximate surface area is 186 Å². The molecule has 0 unspecified atom stereocenters. The van der Waals surface area contributed by atoms with E-state index in [1.807, 2.05) is 0 Å². The molecule has 9 nitrogen and oxygen atoms in total. The zero-order valence-corrected chi connectivity index (χ0v) is 17.9. The molecule has 162 valence electrons. The van der Waals surface area contributed by atoms with Crippen LogP contribution < -0.4 is 15.2 Å². The lowest BCUT2D eigenvalue weighted by Crippen LogP contribution is -2.15. The van der Waals surface area contributed by atoms with E-state index >= 15 is 0 Å². The molecule has 0 radical (unpaired) electrons. The Morgan fingerprint density at radius 1 is 1.16 bits per heavy atom. The molecule has 12 heteroatoms. The number of nitrogens with two attached hydrogens (primary N) is 1. The van der Waals surface area contributed by atoms with E-state index in [1.165, 1.54) is 43.9 Å². The van der Waals surface area contributed by atoms with Gasteiger partial charge in [-0.1, -0.05) is 23.4 Å². The number of hydrogen-bond donors (Lipinski definition) is 3. The molecule has 4 aromatic rings. The molecule has 3 heterocycles. The van der Waals surface area contributed by atoms with Crippen LogP contribution >= 0.6 is 11.6 Å². The van der Waals surface area contributed by atoms with E-state index in [4.69, 9.17) is 22.1 Å². The van der Waals surface area contributed by atoms with Gasteiger partial charge in [-0.25, -0.2) is 22.8 Å². The van der Waals surface area contributed by atoms with Crippen molar-refractivity contribution in [3.8, 4) is 17.7 Å². The van der Waals surface area contributed by atoms with E-state index in [2.05, 4.69) is 36.7 Å². The number of sulfonamides is 1. The number of nitrogens with zero attached hydrogens (tertiary/aromatic N) is 3. The lowest BCUT2D eigenvalue weighted by atomic mass is 10.1. The lowest BCUT2D eigenvalue weighted by molar-refractivity contribution is 0.385. The summed E-state index contributed by atoms with van der Waals surface area (Å²) in [5.74, 6) is 5.00. The SMILES string of the molecule is COc1ncc(Cl)cc1S(=O)(=O)Nc1ccc(F)c(C#Cc2cnc(N)c3cn[nH]c23)c1. The van der Waals surface area contributed by atoms with E-state index in [0.717, 1.165) is 6.07 Å². The molecule has 1 aromatic carbocycles. The first-order valence-electron chi connectivity index (χ1n) is 8.90. The fourth-order valence-electron chi connectivity index (χ4n) is 2.83. The number of hydrogen-bond acceptors (Lipinski definition) is 7. The molecule has 4 rings (SSSR count). The maximum atomic E-state index is 14.3. The number of aromatic nitrogens is 4. The molecule has 0 spiro atoms. The summed E-state index contributed by atoms with van der Waals surface area (Å²) >= 11 is 5.87. The maximum absolute atomic E-state index is 14.3. The Balaban J connectivity index is 1.69. The van der Waals surface area contributed by atoms with Crippen LogP contribution in [0.1, 0.15) is 11.1 Å². The molecular weight excluding hydrogens is 459 g/mol. The highest BCUT2D eigenvalue weighted by Gasteiger charge is 2.22. The Morgan fingerprint density at radius 2 is 1.94 bits per heavy atom. The monoisotopic (exact) mass is 472 g/mol. The van der Waals surface area contributed by atoms with E-state index in [9.17, 15) is 12.8 Å². The van der Waals surface area contributed by atoms with Crippen molar-refractivity contribution in [2.45, 2.75) is 4.90 Å². The molecule has 0 amide bonds. The van der Waals surface area contributed by atoms with Crippen LogP contribution in [0.5, 0.6) is 5.88 Å². The molecule has 0 bridgehead atoms. The molecular formula is C20H14ClFN6O3S. The second-order valence-electron chi connectivity index (χ2n) is 6.43. The minimum absolute atomic E-state index is 0.0362. The predicted octanol–water partition coefficient (Wildman–Crippen LogP) is 2.94. The van der Waals surface area contributed by atoms with E-state index < -0.39 is 15.8 Å². The number of anilines is 2. The van der Waals surface area contributed by atoms with Gasteiger partial charge in [0.2, 0.25) is 5.88 Å². The van der Waals surface area contributed by atoms with Gasteiger partial charge in [0.1, 0.15) is 11.6 Å². The molecule has 32 heavy (non-hydrogen) atoms. The van der Waals surface area contributed by atoms with Gasteiger partial charge < -0.3 is 10.5 Å². The van der Waals surface area contributed by atoms with Crippen molar-refractivity contribution in [3.05, 3.63) is 64.8 Å². The van der Waals surface area contributed by atoms with Gasteiger partial charge in [-0.2, -0.15) is 5.10 Å². The van der Waals surface area contributed by atoms with Crippen molar-refractivity contribution >= 4 is 44.0 Å². The summed E-state index contributed by atoms with van der Waals surface area (Å²) < 4.78 is 47.3. The van der Waals surface area contributed by atoms with Crippen LogP contribution in [0.25, 0.3) is 10.9 Å². The van der Waals surface area contributed by atoms with Crippen LogP contribution in [0.4, 0.5) is 15.9 Å². The van der Waals surface area contributed by atoms with E-state index in [1.54, 1.807) is 0 Å². The highest BCUT2D eigenvalue weighted by Crippen LogP contribution is 2.27. The standard InChI is InChI=1S/C20H14ClFN6O3S/c1-31-20-17(7-13(21)9-25-20)32(29,30)28-14-4-5-16(22)11(6-14)2-3-12-8-24-19(23)15-10-26-27-18(12)15/h4-10,28H,1H3,(H2,23,24)(H,26,27). The van der Waals surface area contributed by atoms with Crippen molar-refractivity contribution in [2.24, 2.45) is 0 Å². The predicted molar refractivity (Wildman–Crippen MR) is 117 cm³/mol. The van der Waals surface area contributed by atoms with Crippen LogP contribution in [0.2, 0.25) is 5.02 Å². The Morgan fingerprint density at radius 3 is 2.72 bits per heavy atom. The van der Waals surface area contributed by atoms with Gasteiger partial charge in [-0.3, -0.25) is 9.82 Å². The van der Waals surface area contributed by atoms with Crippen LogP contribution in [0.3, 0.4) is 0 Å². The molecule has 0 saturated heterocycles. The van der Waals surface area contributed by atoms with Crippen molar-refractivity contribution in [1.29, 1.82) is 0 Å². The number of ether oxygens (including phenoxy) is 1. The van der Waals surface area contributed by atoms with Crippen molar-refractivity contribution in [1.82, 2.24) is 20.2 Å². The van der Waals surface area contributed by atoms with Crippen molar-refractivity contribution in [3.63, 3.8) is 0 Å². The van der Waals surface area contributed by atoms with Crippen LogP contribution in [0, 0.1) is 17.7 Å². The van der Waals surface area contributed by atoms with Gasteiger partial charge >= 0.3 is 0 Å². The van der Waals surface area contributed by atoms with Gasteiger partial charge in [-0.15, -0.1) is 0 Å². The topological polar surface area (TPSA) is 136 Å². The van der Waals surface area contributed by atoms with Gasteiger partial charge in [0.15, 0.2) is 4.90 Å². The molecule has 4 N–H and O–H groups in total. The highest BCUT2D eigenvalue weighted by atomic mass is 35.5. The number of nitrogens with one attached hydrogen (secondary N) is 2. The molecule has 0 saturated carbocycles. The summed E-state index contributed by atoms with van der Waals surface area (Å²) in [6.45, 7) is 0. The maximum Gasteiger partial charge on any atom is 0.267 e. The fraction of sp³-hybridized carbons (Fsp3) is 0.0500.